The van der Waals surface area contributed by atoms with Crippen LogP contribution in [0.15, 0.2) is 48.5 Å². The van der Waals surface area contributed by atoms with Crippen molar-refractivity contribution in [3.63, 3.8) is 0 Å². The molecular formula is C24H31NO4. The van der Waals surface area contributed by atoms with Crippen LogP contribution in [0, 0.1) is 0 Å². The molecule has 2 rings (SSSR count). The second kappa shape index (κ2) is 12.7. The standard InChI is InChI=1S/C24H31NO4/c1-2-3-16-29-23-14-10-19(11-15-23)6-4-5-7-24(28)25-21-12-8-20(9-13-21)17-22(27)18-26/h8-15,26H,2-7,16-18H2,1H3,(H,25,28). The minimum atomic E-state index is -0.449. The molecule has 0 saturated heterocycles. The molecule has 0 aromatic heterocycles. The Bertz CT molecular complexity index is 753. The summed E-state index contributed by atoms with van der Waals surface area (Å²) in [5.74, 6) is 0.678. The maximum atomic E-state index is 12.1. The molecule has 2 aromatic carbocycles. The van der Waals surface area contributed by atoms with Gasteiger partial charge in [0, 0.05) is 18.5 Å². The maximum Gasteiger partial charge on any atom is 0.224 e. The van der Waals surface area contributed by atoms with E-state index in [1.165, 1.54) is 5.56 Å². The van der Waals surface area contributed by atoms with Gasteiger partial charge in [0.1, 0.15) is 12.4 Å². The van der Waals surface area contributed by atoms with E-state index >= 15 is 0 Å². The number of ketones is 1. The third-order valence-electron chi connectivity index (χ3n) is 4.62. The summed E-state index contributed by atoms with van der Waals surface area (Å²) in [5.41, 5.74) is 2.79. The third kappa shape index (κ3) is 8.92. The highest BCUT2D eigenvalue weighted by Gasteiger charge is 2.05. The topological polar surface area (TPSA) is 75.6 Å². The van der Waals surface area contributed by atoms with Crippen molar-refractivity contribution < 1.29 is 19.4 Å². The van der Waals surface area contributed by atoms with Gasteiger partial charge in [-0.15, -0.1) is 0 Å². The summed E-state index contributed by atoms with van der Waals surface area (Å²) in [6.07, 6.45) is 5.59. The highest BCUT2D eigenvalue weighted by molar-refractivity contribution is 5.90. The predicted molar refractivity (Wildman–Crippen MR) is 115 cm³/mol. The lowest BCUT2D eigenvalue weighted by atomic mass is 10.1. The number of anilines is 1. The highest BCUT2D eigenvalue weighted by atomic mass is 16.5. The van der Waals surface area contributed by atoms with Crippen LogP contribution in [0.4, 0.5) is 5.69 Å². The molecule has 2 N–H and O–H groups in total. The summed E-state index contributed by atoms with van der Waals surface area (Å²) in [6, 6.07) is 15.3. The number of hydrogen-bond acceptors (Lipinski definition) is 4. The van der Waals surface area contributed by atoms with Gasteiger partial charge in [-0.1, -0.05) is 37.6 Å². The number of hydrogen-bond donors (Lipinski definition) is 2. The van der Waals surface area contributed by atoms with Crippen molar-refractivity contribution in [1.29, 1.82) is 0 Å². The van der Waals surface area contributed by atoms with Crippen LogP contribution in [0.5, 0.6) is 5.75 Å². The lowest BCUT2D eigenvalue weighted by molar-refractivity contribution is -0.121. The number of rotatable bonds is 13. The molecule has 29 heavy (non-hydrogen) atoms. The molecule has 0 radical (unpaired) electrons. The van der Waals surface area contributed by atoms with E-state index in [1.807, 2.05) is 12.1 Å². The zero-order valence-corrected chi connectivity index (χ0v) is 17.2. The summed E-state index contributed by atoms with van der Waals surface area (Å²) in [7, 11) is 0. The highest BCUT2D eigenvalue weighted by Crippen LogP contribution is 2.15. The van der Waals surface area contributed by atoms with Crippen LogP contribution in [0.1, 0.15) is 50.2 Å². The molecule has 0 heterocycles. The van der Waals surface area contributed by atoms with E-state index in [0.717, 1.165) is 50.0 Å². The van der Waals surface area contributed by atoms with E-state index in [2.05, 4.69) is 24.4 Å². The van der Waals surface area contributed by atoms with Gasteiger partial charge in [0.2, 0.25) is 5.91 Å². The van der Waals surface area contributed by atoms with Crippen LogP contribution in [-0.4, -0.2) is 30.0 Å². The van der Waals surface area contributed by atoms with Gasteiger partial charge in [0.05, 0.1) is 6.61 Å². The zero-order valence-electron chi connectivity index (χ0n) is 17.2. The summed E-state index contributed by atoms with van der Waals surface area (Å²) in [5, 5.41) is 11.7. The Hall–Kier alpha value is -2.66. The number of ether oxygens (including phenoxy) is 1. The Kier molecular flexibility index (Phi) is 9.93. The molecule has 2 aromatic rings. The number of aliphatic hydroxyl groups excluding tert-OH is 1. The minimum absolute atomic E-state index is 0.0103. The summed E-state index contributed by atoms with van der Waals surface area (Å²) in [4.78, 5) is 23.3. The van der Waals surface area contributed by atoms with E-state index in [-0.39, 0.29) is 18.1 Å². The number of amides is 1. The Balaban J connectivity index is 1.65. The maximum absolute atomic E-state index is 12.1. The quantitative estimate of drug-likeness (QED) is 0.494. The fourth-order valence-corrected chi connectivity index (χ4v) is 2.91. The number of aryl methyl sites for hydroxylation is 1. The van der Waals surface area contributed by atoms with Gasteiger partial charge in [-0.3, -0.25) is 9.59 Å². The molecule has 0 spiro atoms. The molecule has 156 valence electrons. The Morgan fingerprint density at radius 2 is 1.62 bits per heavy atom. The summed E-state index contributed by atoms with van der Waals surface area (Å²) in [6.45, 7) is 2.45. The van der Waals surface area contributed by atoms with Crippen molar-refractivity contribution in [1.82, 2.24) is 0 Å². The van der Waals surface area contributed by atoms with Gasteiger partial charge in [-0.25, -0.2) is 0 Å². The molecule has 0 unspecified atom stereocenters. The van der Waals surface area contributed by atoms with E-state index in [0.29, 0.717) is 12.1 Å². The van der Waals surface area contributed by atoms with Crippen molar-refractivity contribution in [2.45, 2.75) is 51.9 Å². The number of unbranched alkanes of at least 4 members (excludes halogenated alkanes) is 2. The van der Waals surface area contributed by atoms with Crippen LogP contribution in [0.3, 0.4) is 0 Å². The van der Waals surface area contributed by atoms with Gasteiger partial charge in [0.25, 0.3) is 0 Å². The molecule has 0 aliphatic carbocycles. The average Bonchev–Trinajstić information content (AvgIpc) is 2.74. The van der Waals surface area contributed by atoms with Gasteiger partial charge in [-0.05, 0) is 61.1 Å². The van der Waals surface area contributed by atoms with Gasteiger partial charge >= 0.3 is 0 Å². The average molecular weight is 398 g/mol. The van der Waals surface area contributed by atoms with E-state index in [9.17, 15) is 9.59 Å². The van der Waals surface area contributed by atoms with E-state index in [4.69, 9.17) is 9.84 Å². The molecule has 5 nitrogen and oxygen atoms in total. The van der Waals surface area contributed by atoms with Gasteiger partial charge in [-0.2, -0.15) is 0 Å². The molecule has 0 bridgehead atoms. The van der Waals surface area contributed by atoms with Crippen LogP contribution >= 0.6 is 0 Å². The number of carbonyl (C=O) groups is 2. The van der Waals surface area contributed by atoms with Gasteiger partial charge < -0.3 is 15.2 Å². The second-order valence-corrected chi connectivity index (χ2v) is 7.17. The molecule has 0 atom stereocenters. The lowest BCUT2D eigenvalue weighted by Crippen LogP contribution is -2.11. The monoisotopic (exact) mass is 397 g/mol. The summed E-state index contributed by atoms with van der Waals surface area (Å²) < 4.78 is 5.67. The van der Waals surface area contributed by atoms with Crippen molar-refractivity contribution in [3.05, 3.63) is 59.7 Å². The third-order valence-corrected chi connectivity index (χ3v) is 4.62. The molecule has 0 aliphatic rings. The largest absolute Gasteiger partial charge is 0.494 e. The molecular weight excluding hydrogens is 366 g/mol. The zero-order chi connectivity index (χ0) is 20.9. The molecule has 1 amide bonds. The van der Waals surface area contributed by atoms with Crippen molar-refractivity contribution >= 4 is 17.4 Å². The Morgan fingerprint density at radius 3 is 2.28 bits per heavy atom. The fraction of sp³-hybridized carbons (Fsp3) is 0.417. The molecule has 5 heteroatoms. The van der Waals surface area contributed by atoms with Gasteiger partial charge in [0.15, 0.2) is 5.78 Å². The van der Waals surface area contributed by atoms with Crippen LogP contribution in [0.25, 0.3) is 0 Å². The van der Waals surface area contributed by atoms with Crippen molar-refractivity contribution in [3.8, 4) is 5.75 Å². The second-order valence-electron chi connectivity index (χ2n) is 7.17. The first-order valence-electron chi connectivity index (χ1n) is 10.3. The first-order chi connectivity index (χ1) is 14.1. The number of benzene rings is 2. The first-order valence-corrected chi connectivity index (χ1v) is 10.3. The minimum Gasteiger partial charge on any atom is -0.494 e. The first kappa shape index (κ1) is 22.6. The van der Waals surface area contributed by atoms with E-state index < -0.39 is 6.61 Å². The predicted octanol–water partition coefficient (Wildman–Crippen LogP) is 4.32. The molecule has 0 saturated carbocycles. The number of aliphatic hydroxyl groups is 1. The summed E-state index contributed by atoms with van der Waals surface area (Å²) >= 11 is 0. The SMILES string of the molecule is CCCCOc1ccc(CCCCC(=O)Nc2ccc(CC(=O)CO)cc2)cc1. The van der Waals surface area contributed by atoms with Crippen molar-refractivity contribution in [2.75, 3.05) is 18.5 Å². The number of nitrogens with one attached hydrogen (secondary N) is 1. The van der Waals surface area contributed by atoms with Crippen LogP contribution in [-0.2, 0) is 22.4 Å². The van der Waals surface area contributed by atoms with Crippen molar-refractivity contribution in [2.24, 2.45) is 0 Å². The molecule has 0 fully saturated rings. The van der Waals surface area contributed by atoms with Crippen LogP contribution < -0.4 is 10.1 Å². The molecule has 0 aliphatic heterocycles. The number of carbonyl (C=O) groups excluding carboxylic acids is 2. The Morgan fingerprint density at radius 1 is 0.931 bits per heavy atom. The smallest absolute Gasteiger partial charge is 0.224 e. The van der Waals surface area contributed by atoms with E-state index in [1.54, 1.807) is 24.3 Å². The normalized spacial score (nSPS) is 10.6. The van der Waals surface area contributed by atoms with Crippen LogP contribution in [0.2, 0.25) is 0 Å². The Labute approximate surface area is 173 Å². The number of Topliss-reactive ketones (excluding diaryl/α,β-unsaturated/α-hetero) is 1. The fourth-order valence-electron chi connectivity index (χ4n) is 2.91. The lowest BCUT2D eigenvalue weighted by Gasteiger charge is -2.08.